The van der Waals surface area contributed by atoms with Gasteiger partial charge in [0, 0.05) is 27.6 Å². The normalized spacial score (nSPS) is 13.0. The number of hydrogen-bond donors (Lipinski definition) is 1. The Kier molecular flexibility index (Phi) is 3.11. The van der Waals surface area contributed by atoms with E-state index in [-0.39, 0.29) is 5.82 Å². The minimum atomic E-state index is -0.573. The highest BCUT2D eigenvalue weighted by Crippen LogP contribution is 2.32. The first-order valence-electron chi connectivity index (χ1n) is 5.48. The van der Waals surface area contributed by atoms with Gasteiger partial charge < -0.3 is 5.11 Å². The minimum Gasteiger partial charge on any atom is -0.387 e. The molecule has 0 aliphatic carbocycles. The summed E-state index contributed by atoms with van der Waals surface area (Å²) in [6, 6.07) is 6.53. The number of thiophene rings is 1. The van der Waals surface area contributed by atoms with Crippen LogP contribution in [0.4, 0.5) is 4.39 Å². The largest absolute Gasteiger partial charge is 0.387 e. The van der Waals surface area contributed by atoms with E-state index in [2.05, 4.69) is 4.98 Å². The Bertz CT molecular complexity index is 663. The summed E-state index contributed by atoms with van der Waals surface area (Å²) >= 11 is 3.02. The molecule has 1 N–H and O–H groups in total. The summed E-state index contributed by atoms with van der Waals surface area (Å²) in [5.41, 5.74) is 0. The van der Waals surface area contributed by atoms with Gasteiger partial charge in [0.15, 0.2) is 0 Å². The zero-order valence-corrected chi connectivity index (χ0v) is 11.0. The van der Waals surface area contributed by atoms with Crippen molar-refractivity contribution in [2.45, 2.75) is 12.5 Å². The van der Waals surface area contributed by atoms with Crippen molar-refractivity contribution in [2.24, 2.45) is 0 Å². The highest BCUT2D eigenvalue weighted by Gasteiger charge is 2.13. The van der Waals surface area contributed by atoms with E-state index in [1.54, 1.807) is 12.3 Å². The summed E-state index contributed by atoms with van der Waals surface area (Å²) in [5, 5.41) is 13.8. The number of halogens is 1. The van der Waals surface area contributed by atoms with Crippen LogP contribution in [0.5, 0.6) is 0 Å². The lowest BCUT2D eigenvalue weighted by Gasteiger charge is -2.04. The van der Waals surface area contributed by atoms with Gasteiger partial charge in [-0.05, 0) is 29.7 Å². The lowest BCUT2D eigenvalue weighted by atomic mass is 10.2. The maximum atomic E-state index is 13.1. The first-order chi connectivity index (χ1) is 8.72. The molecule has 0 saturated heterocycles. The number of aliphatic hydroxyl groups is 1. The van der Waals surface area contributed by atoms with Crippen molar-refractivity contribution in [3.05, 3.63) is 51.5 Å². The van der Waals surface area contributed by atoms with Crippen LogP contribution in [0.3, 0.4) is 0 Å². The van der Waals surface area contributed by atoms with Gasteiger partial charge in [0.05, 0.1) is 11.1 Å². The van der Waals surface area contributed by atoms with Gasteiger partial charge in [-0.2, -0.15) is 0 Å². The van der Waals surface area contributed by atoms with Crippen molar-refractivity contribution in [1.29, 1.82) is 0 Å². The summed E-state index contributed by atoms with van der Waals surface area (Å²) < 4.78 is 14.1. The number of fused-ring (bicyclic) bond motifs is 1. The molecule has 18 heavy (non-hydrogen) atoms. The van der Waals surface area contributed by atoms with Gasteiger partial charge in [-0.25, -0.2) is 9.37 Å². The van der Waals surface area contributed by atoms with Crippen molar-refractivity contribution >= 4 is 32.8 Å². The Morgan fingerprint density at radius 2 is 2.22 bits per heavy atom. The third kappa shape index (κ3) is 2.29. The van der Waals surface area contributed by atoms with Crippen LogP contribution in [0.25, 0.3) is 10.1 Å². The lowest BCUT2D eigenvalue weighted by molar-refractivity contribution is 0.182. The molecule has 0 radical (unpaired) electrons. The molecule has 1 unspecified atom stereocenters. The molecule has 2 heterocycles. The van der Waals surface area contributed by atoms with Gasteiger partial charge in [-0.15, -0.1) is 22.7 Å². The van der Waals surface area contributed by atoms with Gasteiger partial charge in [-0.3, -0.25) is 0 Å². The van der Waals surface area contributed by atoms with Gasteiger partial charge in [-0.1, -0.05) is 0 Å². The fourth-order valence-corrected chi connectivity index (χ4v) is 3.50. The molecule has 0 aliphatic rings. The zero-order valence-electron chi connectivity index (χ0n) is 9.34. The summed E-state index contributed by atoms with van der Waals surface area (Å²) in [4.78, 5) is 5.01. The fraction of sp³-hybridized carbons (Fsp3) is 0.154. The number of rotatable bonds is 3. The van der Waals surface area contributed by atoms with E-state index in [1.165, 1.54) is 34.8 Å². The highest BCUT2D eigenvalue weighted by molar-refractivity contribution is 7.19. The molecular weight excluding hydrogens is 269 g/mol. The topological polar surface area (TPSA) is 33.1 Å². The van der Waals surface area contributed by atoms with Crippen molar-refractivity contribution in [3.63, 3.8) is 0 Å². The Hall–Kier alpha value is -1.30. The van der Waals surface area contributed by atoms with E-state index >= 15 is 0 Å². The Labute approximate surface area is 111 Å². The summed E-state index contributed by atoms with van der Waals surface area (Å²) in [6.07, 6.45) is 1.66. The van der Waals surface area contributed by atoms with Crippen LogP contribution in [0.1, 0.15) is 16.0 Å². The van der Waals surface area contributed by atoms with Crippen molar-refractivity contribution < 1.29 is 9.50 Å². The first-order valence-corrected chi connectivity index (χ1v) is 7.17. The molecule has 1 aromatic carbocycles. The second-order valence-electron chi connectivity index (χ2n) is 3.98. The molecule has 3 rings (SSSR count). The molecule has 1 atom stereocenters. The van der Waals surface area contributed by atoms with Crippen molar-refractivity contribution in [3.8, 4) is 0 Å². The molecule has 0 amide bonds. The lowest BCUT2D eigenvalue weighted by Crippen LogP contribution is -1.98. The quantitative estimate of drug-likeness (QED) is 0.791. The SMILES string of the molecule is OC(Cc1nccs1)c1cc2cc(F)ccc2s1. The Morgan fingerprint density at radius 3 is 3.00 bits per heavy atom. The van der Waals surface area contributed by atoms with E-state index in [9.17, 15) is 9.50 Å². The van der Waals surface area contributed by atoms with Gasteiger partial charge in [0.25, 0.3) is 0 Å². The number of aromatic nitrogens is 1. The Balaban J connectivity index is 1.89. The van der Waals surface area contributed by atoms with Crippen LogP contribution in [0, 0.1) is 5.82 Å². The maximum absolute atomic E-state index is 13.1. The van der Waals surface area contributed by atoms with Gasteiger partial charge >= 0.3 is 0 Å². The first kappa shape index (κ1) is 11.8. The molecule has 92 valence electrons. The number of hydrogen-bond acceptors (Lipinski definition) is 4. The second-order valence-corrected chi connectivity index (χ2v) is 6.07. The molecule has 0 fully saturated rings. The summed E-state index contributed by atoms with van der Waals surface area (Å²) in [6.45, 7) is 0. The molecule has 2 nitrogen and oxygen atoms in total. The van der Waals surface area contributed by atoms with E-state index in [4.69, 9.17) is 0 Å². The van der Waals surface area contributed by atoms with Crippen LogP contribution in [0.2, 0.25) is 0 Å². The van der Waals surface area contributed by atoms with Gasteiger partial charge in [0.1, 0.15) is 5.82 Å². The monoisotopic (exact) mass is 279 g/mol. The molecule has 5 heteroatoms. The van der Waals surface area contributed by atoms with E-state index in [1.807, 2.05) is 11.4 Å². The van der Waals surface area contributed by atoms with Crippen LogP contribution in [-0.4, -0.2) is 10.1 Å². The summed E-state index contributed by atoms with van der Waals surface area (Å²) in [7, 11) is 0. The standard InChI is InChI=1S/C13H10FNOS2/c14-9-1-2-11-8(5-9)6-12(18-11)10(16)7-13-15-3-4-17-13/h1-6,10,16H,7H2. The number of aliphatic hydroxyl groups excluding tert-OH is 1. The minimum absolute atomic E-state index is 0.249. The van der Waals surface area contributed by atoms with Crippen LogP contribution in [-0.2, 0) is 6.42 Å². The zero-order chi connectivity index (χ0) is 12.5. The molecule has 0 saturated carbocycles. The predicted molar refractivity (Wildman–Crippen MR) is 72.6 cm³/mol. The molecular formula is C13H10FNOS2. The van der Waals surface area contributed by atoms with Gasteiger partial charge in [0.2, 0.25) is 0 Å². The van der Waals surface area contributed by atoms with E-state index in [0.717, 1.165) is 20.0 Å². The third-order valence-corrected chi connectivity index (χ3v) is 4.70. The van der Waals surface area contributed by atoms with Crippen molar-refractivity contribution in [1.82, 2.24) is 4.98 Å². The fourth-order valence-electron chi connectivity index (χ4n) is 1.82. The second kappa shape index (κ2) is 4.76. The van der Waals surface area contributed by atoms with Crippen LogP contribution < -0.4 is 0 Å². The molecule has 0 bridgehead atoms. The third-order valence-electron chi connectivity index (χ3n) is 2.68. The number of benzene rings is 1. The van der Waals surface area contributed by atoms with Crippen molar-refractivity contribution in [2.75, 3.05) is 0 Å². The number of thiazole rings is 1. The summed E-state index contributed by atoms with van der Waals surface area (Å²) in [5.74, 6) is -0.249. The van der Waals surface area contributed by atoms with Crippen LogP contribution >= 0.6 is 22.7 Å². The Morgan fingerprint density at radius 1 is 1.33 bits per heavy atom. The molecule has 3 aromatic rings. The van der Waals surface area contributed by atoms with E-state index < -0.39 is 6.10 Å². The van der Waals surface area contributed by atoms with E-state index in [0.29, 0.717) is 6.42 Å². The average molecular weight is 279 g/mol. The average Bonchev–Trinajstić information content (AvgIpc) is 2.96. The highest BCUT2D eigenvalue weighted by atomic mass is 32.1. The molecule has 0 aliphatic heterocycles. The molecule has 2 aromatic heterocycles. The maximum Gasteiger partial charge on any atom is 0.123 e. The number of nitrogens with zero attached hydrogens (tertiary/aromatic N) is 1. The smallest absolute Gasteiger partial charge is 0.123 e. The predicted octanol–water partition coefficient (Wildman–Crippen LogP) is 3.77. The van der Waals surface area contributed by atoms with Crippen LogP contribution in [0.15, 0.2) is 35.8 Å². The molecule has 0 spiro atoms.